The van der Waals surface area contributed by atoms with Crippen molar-refractivity contribution in [2.45, 2.75) is 20.3 Å². The fraction of sp³-hybridized carbons (Fsp3) is 0.462. The van der Waals surface area contributed by atoms with Gasteiger partial charge in [0.1, 0.15) is 11.5 Å². The Morgan fingerprint density at radius 2 is 2.15 bits per heavy atom. The topological polar surface area (TPSA) is 83.7 Å². The maximum atomic E-state index is 13.5. The zero-order chi connectivity index (χ0) is 15.4. The highest BCUT2D eigenvalue weighted by Crippen LogP contribution is 2.31. The zero-order valence-electron chi connectivity index (χ0n) is 11.6. The lowest BCUT2D eigenvalue weighted by Gasteiger charge is -2.23. The van der Waals surface area contributed by atoms with Gasteiger partial charge in [-0.15, -0.1) is 0 Å². The highest BCUT2D eigenvalue weighted by molar-refractivity contribution is 5.90. The summed E-state index contributed by atoms with van der Waals surface area (Å²) in [7, 11) is 1.62. The summed E-state index contributed by atoms with van der Waals surface area (Å²) in [6, 6.07) is 1.67. The molecule has 1 rings (SSSR count). The number of hydrogen-bond acceptors (Lipinski definition) is 4. The third kappa shape index (κ3) is 3.43. The summed E-state index contributed by atoms with van der Waals surface area (Å²) < 4.78 is 13.5. The van der Waals surface area contributed by atoms with E-state index in [1.165, 1.54) is 0 Å². The molecule has 1 unspecified atom stereocenters. The minimum Gasteiger partial charge on any atom is -0.478 e. The highest BCUT2D eigenvalue weighted by atomic mass is 19.1. The maximum absolute atomic E-state index is 13.5. The van der Waals surface area contributed by atoms with Gasteiger partial charge in [-0.2, -0.15) is 0 Å². The average molecular weight is 284 g/mol. The third-order valence-corrected chi connectivity index (χ3v) is 3.19. The average Bonchev–Trinajstić information content (AvgIpc) is 2.37. The molecule has 7 heteroatoms. The number of nitro benzene ring substituents is 1. The van der Waals surface area contributed by atoms with Gasteiger partial charge >= 0.3 is 5.97 Å². The molecule has 0 aliphatic rings. The van der Waals surface area contributed by atoms with Crippen molar-refractivity contribution in [3.05, 3.63) is 33.6 Å². The van der Waals surface area contributed by atoms with Gasteiger partial charge in [0.25, 0.3) is 5.69 Å². The molecular formula is C13H17FN2O4. The molecule has 0 bridgehead atoms. The van der Waals surface area contributed by atoms with E-state index in [4.69, 9.17) is 5.11 Å². The number of benzene rings is 1. The third-order valence-electron chi connectivity index (χ3n) is 3.19. The Bertz CT molecular complexity index is 533. The van der Waals surface area contributed by atoms with Crippen LogP contribution in [0.4, 0.5) is 15.8 Å². The summed E-state index contributed by atoms with van der Waals surface area (Å²) in [5.74, 6) is -2.28. The number of halogens is 1. The lowest BCUT2D eigenvalue weighted by atomic mass is 10.1. The standard InChI is InChI=1S/C13H17FN2O4/c1-4-8(2)7-15(3)11-5-9(13(17)18)10(14)6-12(11)16(19)20/h5-6,8H,4,7H2,1-3H3,(H,17,18). The predicted octanol–water partition coefficient (Wildman–Crippen LogP) is 2.91. The molecule has 0 amide bonds. The lowest BCUT2D eigenvalue weighted by Crippen LogP contribution is -2.25. The molecule has 1 atom stereocenters. The van der Waals surface area contributed by atoms with Crippen molar-refractivity contribution in [3.8, 4) is 0 Å². The summed E-state index contributed by atoms with van der Waals surface area (Å²) in [6.45, 7) is 4.48. The van der Waals surface area contributed by atoms with Crippen LogP contribution in [-0.2, 0) is 0 Å². The zero-order valence-corrected chi connectivity index (χ0v) is 11.6. The second-order valence-electron chi connectivity index (χ2n) is 4.78. The molecule has 110 valence electrons. The summed E-state index contributed by atoms with van der Waals surface area (Å²) in [5.41, 5.74) is -0.894. The fourth-order valence-corrected chi connectivity index (χ4v) is 1.86. The Morgan fingerprint density at radius 3 is 2.60 bits per heavy atom. The minimum absolute atomic E-state index is 0.106. The van der Waals surface area contributed by atoms with Gasteiger partial charge < -0.3 is 10.0 Å². The molecule has 0 fully saturated rings. The van der Waals surface area contributed by atoms with Crippen LogP contribution in [0.1, 0.15) is 30.6 Å². The van der Waals surface area contributed by atoms with E-state index < -0.39 is 28.0 Å². The van der Waals surface area contributed by atoms with Gasteiger partial charge in [0.2, 0.25) is 0 Å². The van der Waals surface area contributed by atoms with Gasteiger partial charge in [0, 0.05) is 13.6 Å². The van der Waals surface area contributed by atoms with Crippen molar-refractivity contribution in [1.29, 1.82) is 0 Å². The van der Waals surface area contributed by atoms with Gasteiger partial charge in [-0.1, -0.05) is 20.3 Å². The Hall–Kier alpha value is -2.18. The van der Waals surface area contributed by atoms with Crippen LogP contribution in [0.5, 0.6) is 0 Å². The van der Waals surface area contributed by atoms with E-state index in [2.05, 4.69) is 0 Å². The highest BCUT2D eigenvalue weighted by Gasteiger charge is 2.24. The maximum Gasteiger partial charge on any atom is 0.338 e. The summed E-state index contributed by atoms with van der Waals surface area (Å²) in [6.07, 6.45) is 0.880. The molecule has 20 heavy (non-hydrogen) atoms. The second kappa shape index (κ2) is 6.31. The molecule has 0 radical (unpaired) electrons. The van der Waals surface area contributed by atoms with Gasteiger partial charge in [-0.3, -0.25) is 10.1 Å². The molecule has 0 aromatic heterocycles. The molecule has 0 heterocycles. The van der Waals surface area contributed by atoms with Crippen molar-refractivity contribution in [2.75, 3.05) is 18.5 Å². The first-order chi connectivity index (χ1) is 9.27. The van der Waals surface area contributed by atoms with Gasteiger partial charge in [-0.25, -0.2) is 9.18 Å². The monoisotopic (exact) mass is 284 g/mol. The minimum atomic E-state index is -1.45. The molecule has 6 nitrogen and oxygen atoms in total. The van der Waals surface area contributed by atoms with Crippen LogP contribution >= 0.6 is 0 Å². The summed E-state index contributed by atoms with van der Waals surface area (Å²) >= 11 is 0. The van der Waals surface area contributed by atoms with Crippen LogP contribution in [0.25, 0.3) is 0 Å². The quantitative estimate of drug-likeness (QED) is 0.641. The number of carbonyl (C=O) groups is 1. The van der Waals surface area contributed by atoms with E-state index in [1.54, 1.807) is 11.9 Å². The Kier molecular flexibility index (Phi) is 5.01. The van der Waals surface area contributed by atoms with Gasteiger partial charge in [-0.05, 0) is 12.0 Å². The van der Waals surface area contributed by atoms with E-state index in [0.717, 1.165) is 12.5 Å². The van der Waals surface area contributed by atoms with Crippen LogP contribution in [0.3, 0.4) is 0 Å². The molecule has 0 saturated heterocycles. The van der Waals surface area contributed by atoms with Gasteiger partial charge in [0.15, 0.2) is 0 Å². The Balaban J connectivity index is 3.30. The molecule has 1 N–H and O–H groups in total. The van der Waals surface area contributed by atoms with Crippen molar-refractivity contribution < 1.29 is 19.2 Å². The van der Waals surface area contributed by atoms with Crippen molar-refractivity contribution in [2.24, 2.45) is 5.92 Å². The molecule has 0 aliphatic heterocycles. The fourth-order valence-electron chi connectivity index (χ4n) is 1.86. The molecular weight excluding hydrogens is 267 g/mol. The van der Waals surface area contributed by atoms with E-state index in [1.807, 2.05) is 13.8 Å². The largest absolute Gasteiger partial charge is 0.478 e. The molecule has 0 spiro atoms. The first-order valence-corrected chi connectivity index (χ1v) is 6.20. The number of nitrogens with zero attached hydrogens (tertiary/aromatic N) is 2. The van der Waals surface area contributed by atoms with E-state index in [-0.39, 0.29) is 11.6 Å². The second-order valence-corrected chi connectivity index (χ2v) is 4.78. The number of hydrogen-bond donors (Lipinski definition) is 1. The number of aromatic carboxylic acids is 1. The van der Waals surface area contributed by atoms with Crippen LogP contribution in [-0.4, -0.2) is 29.6 Å². The van der Waals surface area contributed by atoms with Crippen LogP contribution in [0.2, 0.25) is 0 Å². The number of nitro groups is 1. The first-order valence-electron chi connectivity index (χ1n) is 6.20. The normalized spacial score (nSPS) is 12.0. The first kappa shape index (κ1) is 15.9. The smallest absolute Gasteiger partial charge is 0.338 e. The SMILES string of the molecule is CCC(C)CN(C)c1cc(C(=O)O)c(F)cc1[N+](=O)[O-]. The van der Waals surface area contributed by atoms with Crippen LogP contribution < -0.4 is 4.90 Å². The van der Waals surface area contributed by atoms with E-state index in [0.29, 0.717) is 12.6 Å². The van der Waals surface area contributed by atoms with E-state index >= 15 is 0 Å². The number of anilines is 1. The predicted molar refractivity (Wildman–Crippen MR) is 72.7 cm³/mol. The van der Waals surface area contributed by atoms with Crippen molar-refractivity contribution in [3.63, 3.8) is 0 Å². The molecule has 0 saturated carbocycles. The molecule has 1 aromatic carbocycles. The van der Waals surface area contributed by atoms with E-state index in [9.17, 15) is 19.3 Å². The molecule has 0 aliphatic carbocycles. The lowest BCUT2D eigenvalue weighted by molar-refractivity contribution is -0.384. The van der Waals surface area contributed by atoms with Crippen LogP contribution in [0, 0.1) is 21.8 Å². The summed E-state index contributed by atoms with van der Waals surface area (Å²) in [5, 5.41) is 19.9. The van der Waals surface area contributed by atoms with Crippen LogP contribution in [0.15, 0.2) is 12.1 Å². The van der Waals surface area contributed by atoms with Crippen molar-refractivity contribution >= 4 is 17.3 Å². The number of carboxylic acids is 1. The number of carboxylic acid groups (broad SMARTS) is 1. The Morgan fingerprint density at radius 1 is 1.55 bits per heavy atom. The van der Waals surface area contributed by atoms with Crippen molar-refractivity contribution in [1.82, 2.24) is 0 Å². The molecule has 1 aromatic rings. The van der Waals surface area contributed by atoms with Gasteiger partial charge in [0.05, 0.1) is 16.6 Å². The number of rotatable bonds is 6. The summed E-state index contributed by atoms with van der Waals surface area (Å²) in [4.78, 5) is 22.8. The Labute approximate surface area is 116 Å².